The van der Waals surface area contributed by atoms with Gasteiger partial charge in [0, 0.05) is 5.88 Å². The zero-order valence-corrected chi connectivity index (χ0v) is 36.1. The maximum atomic E-state index is 7.06. The van der Waals surface area contributed by atoms with E-state index in [-0.39, 0.29) is 19.5 Å². The molecule has 5 heteroatoms. The van der Waals surface area contributed by atoms with Crippen molar-refractivity contribution in [3.63, 3.8) is 0 Å². The van der Waals surface area contributed by atoms with Gasteiger partial charge in [0.25, 0.3) is 0 Å². The molecular formula is C51H43ClP2RuS. The number of alkyl halides is 1. The van der Waals surface area contributed by atoms with Crippen LogP contribution in [0.4, 0.5) is 0 Å². The van der Waals surface area contributed by atoms with Crippen LogP contribution in [0.5, 0.6) is 0 Å². The van der Waals surface area contributed by atoms with E-state index in [2.05, 4.69) is 188 Å². The van der Waals surface area contributed by atoms with E-state index in [0.717, 1.165) is 16.9 Å². The summed E-state index contributed by atoms with van der Waals surface area (Å²) in [5.74, 6) is 3.00. The first kappa shape index (κ1) is 44.2. The van der Waals surface area contributed by atoms with Crippen LogP contribution in [0.15, 0.2) is 236 Å². The molecule has 0 saturated carbocycles. The van der Waals surface area contributed by atoms with E-state index in [1.807, 2.05) is 53.9 Å². The summed E-state index contributed by atoms with van der Waals surface area (Å²) in [6.45, 7) is 0. The predicted molar refractivity (Wildman–Crippen MR) is 247 cm³/mol. The van der Waals surface area contributed by atoms with Crippen molar-refractivity contribution in [1.29, 1.82) is 0 Å². The summed E-state index contributed by atoms with van der Waals surface area (Å²) >= 11 is 7.15. The maximum Gasteiger partial charge on any atom is 2.00 e. The summed E-state index contributed by atoms with van der Waals surface area (Å²) in [6, 6.07) is 78.6. The van der Waals surface area contributed by atoms with Crippen LogP contribution in [0.3, 0.4) is 0 Å². The van der Waals surface area contributed by atoms with Crippen LogP contribution in [0.25, 0.3) is 5.57 Å². The average Bonchev–Trinajstić information content (AvgIpc) is 4.04. The van der Waals surface area contributed by atoms with Crippen LogP contribution < -0.4 is 31.8 Å². The number of halogens is 1. The van der Waals surface area contributed by atoms with Crippen molar-refractivity contribution in [2.45, 2.75) is 6.42 Å². The van der Waals surface area contributed by atoms with Gasteiger partial charge in [-0.3, -0.25) is 5.92 Å². The molecular weight excluding hydrogens is 843 g/mol. The molecule has 0 N–H and O–H groups in total. The third kappa shape index (κ3) is 14.5. The van der Waals surface area contributed by atoms with Gasteiger partial charge in [0.05, 0.1) is 0 Å². The minimum atomic E-state index is -0.446. The first-order chi connectivity index (χ1) is 27.3. The number of allylic oxidation sites excluding steroid dienone is 2. The molecule has 1 aromatic heterocycles. The molecule has 0 unspecified atom stereocenters. The van der Waals surface area contributed by atoms with Crippen LogP contribution in [-0.2, 0) is 19.5 Å². The molecule has 0 radical (unpaired) electrons. The van der Waals surface area contributed by atoms with Gasteiger partial charge < -0.3 is 6.42 Å². The van der Waals surface area contributed by atoms with Gasteiger partial charge in [-0.15, -0.1) is 23.3 Å². The van der Waals surface area contributed by atoms with Gasteiger partial charge in [-0.1, -0.05) is 194 Å². The summed E-state index contributed by atoms with van der Waals surface area (Å²) in [7, 11) is -0.892. The molecule has 0 aliphatic carbocycles. The normalized spacial score (nSPS) is 10.3. The Kier molecular flexibility index (Phi) is 20.8. The Bertz CT molecular complexity index is 1880. The third-order valence-electron chi connectivity index (χ3n) is 8.02. The molecule has 0 spiro atoms. The minimum Gasteiger partial charge on any atom is -0.366 e. The van der Waals surface area contributed by atoms with Crippen LogP contribution in [-0.4, -0.2) is 5.88 Å². The Morgan fingerprint density at radius 3 is 1.04 bits per heavy atom. The van der Waals surface area contributed by atoms with Gasteiger partial charge in [-0.05, 0) is 64.3 Å². The molecule has 1 heterocycles. The second kappa shape index (κ2) is 26.3. The monoisotopic (exact) mass is 886 g/mol. The van der Waals surface area contributed by atoms with Gasteiger partial charge in [-0.2, -0.15) is 29.5 Å². The number of thiophene rings is 1. The number of hydrogen-bond donors (Lipinski definition) is 0. The summed E-state index contributed by atoms with van der Waals surface area (Å²) in [5, 5.41) is 10.4. The SMILES string of the molecule is [C-]#C/C(=C\CCCl)c1cccs1.[Ru+2].c1cc[cH-]c1.c1ccc(P(c2ccccc2)c2ccccc2)cc1.c1ccc(P(c2ccccc2)c2ccccc2)cc1. The maximum absolute atomic E-state index is 7.06. The van der Waals surface area contributed by atoms with Crippen molar-refractivity contribution in [3.8, 4) is 5.92 Å². The molecule has 278 valence electrons. The fourth-order valence-electron chi connectivity index (χ4n) is 5.52. The van der Waals surface area contributed by atoms with E-state index in [4.69, 9.17) is 18.0 Å². The number of hydrogen-bond acceptors (Lipinski definition) is 1. The van der Waals surface area contributed by atoms with Crippen molar-refractivity contribution in [3.05, 3.63) is 247 Å². The fraction of sp³-hybridized carbons (Fsp3) is 0.0392. The molecule has 0 bridgehead atoms. The van der Waals surface area contributed by atoms with Crippen molar-refractivity contribution < 1.29 is 19.5 Å². The summed E-state index contributed by atoms with van der Waals surface area (Å²) in [6.07, 6.45) is 9.79. The van der Waals surface area contributed by atoms with Gasteiger partial charge in [-0.25, -0.2) is 12.1 Å². The van der Waals surface area contributed by atoms with Crippen LogP contribution in [0.2, 0.25) is 0 Å². The summed E-state index contributed by atoms with van der Waals surface area (Å²) in [5.41, 5.74) is 0.839. The molecule has 7 aromatic carbocycles. The van der Waals surface area contributed by atoms with E-state index < -0.39 is 15.8 Å². The Morgan fingerprint density at radius 1 is 0.500 bits per heavy atom. The topological polar surface area (TPSA) is 0 Å². The Labute approximate surface area is 358 Å². The molecule has 56 heavy (non-hydrogen) atoms. The Hall–Kier alpha value is -4.56. The average molecular weight is 886 g/mol. The van der Waals surface area contributed by atoms with Crippen molar-refractivity contribution in [2.75, 3.05) is 5.88 Å². The molecule has 0 nitrogen and oxygen atoms in total. The second-order valence-corrected chi connectivity index (χ2v) is 17.6. The van der Waals surface area contributed by atoms with Crippen molar-refractivity contribution >= 4 is 76.2 Å². The van der Waals surface area contributed by atoms with E-state index >= 15 is 0 Å². The summed E-state index contributed by atoms with van der Waals surface area (Å²) in [4.78, 5) is 1.08. The van der Waals surface area contributed by atoms with E-state index in [1.54, 1.807) is 11.3 Å². The zero-order chi connectivity index (χ0) is 38.2. The quantitative estimate of drug-likeness (QED) is 0.0445. The second-order valence-electron chi connectivity index (χ2n) is 11.8. The third-order valence-corrected chi connectivity index (χ3v) is 14.0. The molecule has 0 aliphatic rings. The largest absolute Gasteiger partial charge is 2.00 e. The van der Waals surface area contributed by atoms with E-state index in [0.29, 0.717) is 5.88 Å². The van der Waals surface area contributed by atoms with Crippen molar-refractivity contribution in [1.82, 2.24) is 0 Å². The van der Waals surface area contributed by atoms with Crippen molar-refractivity contribution in [2.24, 2.45) is 0 Å². The van der Waals surface area contributed by atoms with Gasteiger partial charge in [0.15, 0.2) is 0 Å². The standard InChI is InChI=1S/2C18H15P.C10H8ClS.C5H5.Ru/c2*1-4-10-16(11-5-1)19(17-12-6-2-7-13-17)18-14-8-3-9-15-18;1-2-9(5-3-7-11)10-6-4-8-12-10;1-2-4-5-3-1;/h2*1-15H;4-6,8H,3,7H2;1-5H;/q;;2*-1;+2/b;;9-5+;;. The molecule has 0 aliphatic heterocycles. The zero-order valence-electron chi connectivity index (χ0n) is 31.0. The first-order valence-corrected chi connectivity index (χ1v) is 22.2. The Morgan fingerprint density at radius 2 is 0.821 bits per heavy atom. The van der Waals surface area contributed by atoms with E-state index in [9.17, 15) is 0 Å². The number of benzene rings is 6. The van der Waals surface area contributed by atoms with Crippen LogP contribution in [0.1, 0.15) is 11.3 Å². The van der Waals surface area contributed by atoms with E-state index in [1.165, 1.54) is 31.8 Å². The van der Waals surface area contributed by atoms with Crippen LogP contribution in [0, 0.1) is 12.3 Å². The summed E-state index contributed by atoms with van der Waals surface area (Å²) < 4.78 is 0. The predicted octanol–water partition coefficient (Wildman–Crippen LogP) is 11.6. The molecule has 8 rings (SSSR count). The van der Waals surface area contributed by atoms with Gasteiger partial charge >= 0.3 is 19.5 Å². The smallest absolute Gasteiger partial charge is 0.366 e. The first-order valence-electron chi connectivity index (χ1n) is 18.1. The van der Waals surface area contributed by atoms with Gasteiger partial charge in [0.1, 0.15) is 0 Å². The minimum absolute atomic E-state index is 0. The molecule has 0 amide bonds. The molecule has 8 aromatic rings. The Balaban J connectivity index is 0.000000178. The molecule has 0 saturated heterocycles. The molecule has 0 atom stereocenters. The van der Waals surface area contributed by atoms with Gasteiger partial charge in [0.2, 0.25) is 0 Å². The molecule has 0 fully saturated rings. The fourth-order valence-corrected chi connectivity index (χ4v) is 11.0. The number of rotatable bonds is 9. The van der Waals surface area contributed by atoms with Crippen LogP contribution >= 0.6 is 38.8 Å².